The SMILES string of the molecule is CCCCOC(=O)CCC(NC(=O)CNC(=O)CCC(NC(=O)CCC(NC(=O)C(CCCCNC(=O)OCC1c2ccccc2-c2ccccc21)NC(=O)OC(C)(C)C)C(=O)NC(CCC(=O)NCC(=O)NC(CCC(=O)OCCCC)C(=O)OCCCC)C(=O)NCC(=O)NC(CCC(=O)OCCCC)C(=O)OCCCC)C(=O)NCC(=O)NC(CCC(=O)OCCCC)C(=O)OCCCC)C(=O)OCCCC. The van der Waals surface area contributed by atoms with Gasteiger partial charge in [0.15, 0.2) is 0 Å². The number of ether oxygens (including phenoxy) is 10. The smallest absolute Gasteiger partial charge is 0.408 e. The zero-order valence-corrected chi connectivity index (χ0v) is 86.2. The van der Waals surface area contributed by atoms with Gasteiger partial charge in [0, 0.05) is 57.4 Å². The van der Waals surface area contributed by atoms with Crippen LogP contribution in [0, 0.1) is 0 Å². The van der Waals surface area contributed by atoms with E-state index in [1.165, 1.54) is 20.8 Å². The summed E-state index contributed by atoms with van der Waals surface area (Å²) < 4.78 is 53.8. The Bertz CT molecular complexity index is 4400. The zero-order valence-electron chi connectivity index (χ0n) is 86.2. The second-order valence-corrected chi connectivity index (χ2v) is 35.8. The van der Waals surface area contributed by atoms with Gasteiger partial charge in [0.05, 0.1) is 79.0 Å². The summed E-state index contributed by atoms with van der Waals surface area (Å²) in [6, 6.07) is 2.26. The van der Waals surface area contributed by atoms with Crippen LogP contribution in [0.15, 0.2) is 48.5 Å². The van der Waals surface area contributed by atoms with Crippen LogP contribution >= 0.6 is 0 Å². The van der Waals surface area contributed by atoms with Crippen molar-refractivity contribution < 1.29 is 148 Å². The van der Waals surface area contributed by atoms with Crippen molar-refractivity contribution in [3.63, 3.8) is 0 Å². The first-order valence-electron chi connectivity index (χ1n) is 51.0. The molecule has 13 amide bonds. The van der Waals surface area contributed by atoms with E-state index in [9.17, 15) is 91.1 Å². The van der Waals surface area contributed by atoms with Gasteiger partial charge in [-0.2, -0.15) is 0 Å². The van der Waals surface area contributed by atoms with Gasteiger partial charge >= 0.3 is 59.9 Å². The van der Waals surface area contributed by atoms with E-state index in [2.05, 4.69) is 69.1 Å². The maximum absolute atomic E-state index is 15.5. The minimum atomic E-state index is -2.04. The van der Waals surface area contributed by atoms with Crippen LogP contribution in [-0.4, -0.2) is 271 Å². The van der Waals surface area contributed by atoms with Crippen molar-refractivity contribution >= 4 is 125 Å². The number of nitrogens with one attached hydrogen (secondary N) is 13. The van der Waals surface area contributed by atoms with E-state index in [0.29, 0.717) is 89.9 Å². The van der Waals surface area contributed by atoms with Crippen LogP contribution in [0.4, 0.5) is 9.59 Å². The van der Waals surface area contributed by atoms with Gasteiger partial charge in [-0.3, -0.25) is 71.9 Å². The molecule has 8 atom stereocenters. The molecule has 13 N–H and O–H groups in total. The fraction of sp³-hybridized carbons (Fsp3) is 0.673. The number of alkyl carbamates (subject to hydrolysis) is 2. The van der Waals surface area contributed by atoms with Gasteiger partial charge < -0.3 is 116 Å². The first-order chi connectivity index (χ1) is 69.4. The summed E-state index contributed by atoms with van der Waals surface area (Å²) in [4.78, 5) is 289. The van der Waals surface area contributed by atoms with Crippen molar-refractivity contribution in [2.75, 3.05) is 92.2 Å². The van der Waals surface area contributed by atoms with Crippen molar-refractivity contribution in [1.29, 1.82) is 0 Å². The van der Waals surface area contributed by atoms with Crippen LogP contribution in [-0.2, 0) is 138 Å². The molecular weight excluding hydrogens is 1890 g/mol. The number of carbonyl (C=O) groups excluding carboxylic acids is 21. The van der Waals surface area contributed by atoms with Crippen molar-refractivity contribution in [2.45, 2.75) is 348 Å². The Hall–Kier alpha value is -13.1. The maximum atomic E-state index is 15.5. The second-order valence-electron chi connectivity index (χ2n) is 35.8. The van der Waals surface area contributed by atoms with Crippen molar-refractivity contribution in [3.05, 3.63) is 59.7 Å². The van der Waals surface area contributed by atoms with Crippen molar-refractivity contribution in [3.8, 4) is 11.1 Å². The Kier molecular flexibility index (Phi) is 64.2. The Balaban J connectivity index is 2.24. The van der Waals surface area contributed by atoms with E-state index in [-0.39, 0.29) is 143 Å². The number of unbranched alkanes of at least 4 members (excludes halogenated alkanes) is 9. The van der Waals surface area contributed by atoms with E-state index in [4.69, 9.17) is 47.4 Å². The van der Waals surface area contributed by atoms with E-state index < -0.39 is 244 Å². The highest BCUT2D eigenvalue weighted by atomic mass is 16.6. The molecule has 44 nitrogen and oxygen atoms in total. The molecule has 0 saturated carbocycles. The normalized spacial score (nSPS) is 12.9. The molecule has 0 saturated heterocycles. The summed E-state index contributed by atoms with van der Waals surface area (Å²) in [5, 5.41) is 31.8. The topological polar surface area (TPSA) is 607 Å². The van der Waals surface area contributed by atoms with Crippen LogP contribution < -0.4 is 69.1 Å². The Morgan fingerprint density at radius 2 is 0.538 bits per heavy atom. The quantitative estimate of drug-likeness (QED) is 0.0187. The molecule has 0 spiro atoms. The third-order valence-electron chi connectivity index (χ3n) is 22.2. The maximum Gasteiger partial charge on any atom is 0.408 e. The number of benzene rings is 2. The molecule has 0 aromatic heterocycles. The van der Waals surface area contributed by atoms with Gasteiger partial charge in [0.25, 0.3) is 0 Å². The number of hydrogen-bond acceptors (Lipinski definition) is 31. The largest absolute Gasteiger partial charge is 0.466 e. The van der Waals surface area contributed by atoms with E-state index in [0.717, 1.165) is 35.1 Å². The average Bonchev–Trinajstić information content (AvgIpc) is 1.61. The summed E-state index contributed by atoms with van der Waals surface area (Å²) in [5.74, 6) is -18.4. The standard InChI is InChI=1S/C101H157N13O31/c1-12-20-54-136-87(122)49-42-76(95(130)140-58-24-16-5)108-83(118)62-103-80(115)46-39-73(91(126)105-64-85(120)110-78(97(132)142-60-26-18-7)44-51-89(124)138-56-22-14-3)107-82(117)48-41-75(113-93(128)72(114-100(135)145-101(9,10)11)38-32-33-53-102-99(134)144-66-71-69-36-30-28-34-67(69)68-35-29-31-37-70(68)71)94(129)112-74(92(127)106-65-86(121)111-79(98(133)143-61-27-19-8)45-52-90(125)139-57-23-15-4)40-47-81(116)104-63-84(119)109-77(96(131)141-59-25-17-6)43-50-88(123)137-55-21-13-2/h28-31,34-37,71-79H,12-27,32-33,38-66H2,1-11H3,(H,102,134)(H,103,115)(H,104,116)(H,105,126)(H,106,127)(H,107,117)(H,108,118)(H,109,119)(H,110,120)(H,111,121)(H,112,129)(H,113,128)(H,114,135). The first kappa shape index (κ1) is 126. The highest BCUT2D eigenvalue weighted by Gasteiger charge is 2.37. The fourth-order valence-corrected chi connectivity index (χ4v) is 13.9. The fourth-order valence-electron chi connectivity index (χ4n) is 13.9. The molecule has 44 heteroatoms. The van der Waals surface area contributed by atoms with Crippen molar-refractivity contribution in [1.82, 2.24) is 69.1 Å². The minimum absolute atomic E-state index is 0.0109. The number of carbonyl (C=O) groups is 21. The molecule has 0 aliphatic heterocycles. The molecule has 812 valence electrons. The number of esters is 8. The summed E-state index contributed by atoms with van der Waals surface area (Å²) in [6.45, 7) is 16.2. The number of fused-ring (bicyclic) bond motifs is 3. The first-order valence-corrected chi connectivity index (χ1v) is 51.0. The molecule has 8 unspecified atom stereocenters. The van der Waals surface area contributed by atoms with Crippen LogP contribution in [0.3, 0.4) is 0 Å². The summed E-state index contributed by atoms with van der Waals surface area (Å²) in [7, 11) is 0. The summed E-state index contributed by atoms with van der Waals surface area (Å²) >= 11 is 0. The zero-order chi connectivity index (χ0) is 107. The van der Waals surface area contributed by atoms with Gasteiger partial charge in [-0.05, 0) is 159 Å². The molecular formula is C101H157N13O31. The summed E-state index contributed by atoms with van der Waals surface area (Å²) in [5.41, 5.74) is 2.75. The Morgan fingerprint density at radius 3 is 0.862 bits per heavy atom. The van der Waals surface area contributed by atoms with Gasteiger partial charge in [0.2, 0.25) is 65.0 Å². The average molecular weight is 2050 g/mol. The van der Waals surface area contributed by atoms with E-state index >= 15 is 9.59 Å². The molecule has 3 rings (SSSR count). The highest BCUT2D eigenvalue weighted by molar-refractivity contribution is 5.98. The molecule has 145 heavy (non-hydrogen) atoms. The monoisotopic (exact) mass is 2050 g/mol. The molecule has 0 heterocycles. The molecule has 0 fully saturated rings. The Morgan fingerprint density at radius 1 is 0.262 bits per heavy atom. The minimum Gasteiger partial charge on any atom is -0.466 e. The van der Waals surface area contributed by atoms with Crippen molar-refractivity contribution in [2.24, 2.45) is 0 Å². The lowest BCUT2D eigenvalue weighted by atomic mass is 9.98. The lowest BCUT2D eigenvalue weighted by Gasteiger charge is -2.27. The van der Waals surface area contributed by atoms with Gasteiger partial charge in [0.1, 0.15) is 60.5 Å². The number of hydrogen-bond donors (Lipinski definition) is 13. The number of amides is 13. The molecule has 2 aromatic carbocycles. The van der Waals surface area contributed by atoms with Gasteiger partial charge in [-0.25, -0.2) is 28.8 Å². The second kappa shape index (κ2) is 73.9. The van der Waals surface area contributed by atoms with E-state index in [1.54, 1.807) is 0 Å². The van der Waals surface area contributed by atoms with Crippen LogP contribution in [0.2, 0.25) is 0 Å². The van der Waals surface area contributed by atoms with Gasteiger partial charge in [-0.1, -0.05) is 155 Å². The van der Waals surface area contributed by atoms with Crippen LogP contribution in [0.5, 0.6) is 0 Å². The van der Waals surface area contributed by atoms with Crippen LogP contribution in [0.25, 0.3) is 11.1 Å². The predicted molar refractivity (Wildman–Crippen MR) is 527 cm³/mol. The highest BCUT2D eigenvalue weighted by Crippen LogP contribution is 2.44. The number of rotatable bonds is 76. The third-order valence-corrected chi connectivity index (χ3v) is 22.2. The lowest BCUT2D eigenvalue weighted by Crippen LogP contribution is -2.57. The van der Waals surface area contributed by atoms with Crippen LogP contribution in [0.1, 0.15) is 305 Å². The van der Waals surface area contributed by atoms with Gasteiger partial charge in [-0.15, -0.1) is 0 Å². The molecule has 1 aliphatic carbocycles. The predicted octanol–water partition coefficient (Wildman–Crippen LogP) is 6.65. The molecule has 1 aliphatic rings. The lowest BCUT2D eigenvalue weighted by molar-refractivity contribution is -0.150. The molecule has 2 aromatic rings. The third kappa shape index (κ3) is 55.5. The Labute approximate surface area is 849 Å². The molecule has 0 radical (unpaired) electrons. The summed E-state index contributed by atoms with van der Waals surface area (Å²) in [6.07, 6.45) is 0.401. The van der Waals surface area contributed by atoms with E-state index in [1.807, 2.05) is 104 Å². The molecule has 0 bridgehead atoms.